The van der Waals surface area contributed by atoms with Gasteiger partial charge in [-0.25, -0.2) is 4.72 Å². The van der Waals surface area contributed by atoms with Crippen LogP contribution in [0.1, 0.15) is 33.4 Å². The third kappa shape index (κ3) is 3.92. The zero-order chi connectivity index (χ0) is 14.8. The molecular weight excluding hydrogens is 266 g/mol. The van der Waals surface area contributed by atoms with Gasteiger partial charge in [0, 0.05) is 31.3 Å². The van der Waals surface area contributed by atoms with Crippen molar-refractivity contribution < 1.29 is 13.2 Å². The highest BCUT2D eigenvalue weighted by molar-refractivity contribution is 7.91. The van der Waals surface area contributed by atoms with Crippen molar-refractivity contribution in [3.05, 3.63) is 24.0 Å². The number of hydrogen-bond donors (Lipinski definition) is 1. The van der Waals surface area contributed by atoms with Crippen molar-refractivity contribution in [1.82, 2.24) is 9.71 Å². The van der Waals surface area contributed by atoms with Gasteiger partial charge in [-0.15, -0.1) is 0 Å². The van der Waals surface area contributed by atoms with Gasteiger partial charge in [0.1, 0.15) is 0 Å². The average Bonchev–Trinajstić information content (AvgIpc) is 2.25. The van der Waals surface area contributed by atoms with Crippen molar-refractivity contribution in [2.24, 2.45) is 0 Å². The highest BCUT2D eigenvalue weighted by atomic mass is 32.2. The fourth-order valence-corrected chi connectivity index (χ4v) is 2.31. The number of amides is 1. The van der Waals surface area contributed by atoms with E-state index >= 15 is 0 Å². The van der Waals surface area contributed by atoms with Crippen LogP contribution in [-0.2, 0) is 20.4 Å². The number of nitrogens with zero attached hydrogens (tertiary/aromatic N) is 2. The molecule has 0 atom stereocenters. The SMILES string of the molecule is CC(=O)NS(=O)(=O)N(C)c1ccnc(C(C)(C)C)c1. The van der Waals surface area contributed by atoms with E-state index in [4.69, 9.17) is 0 Å². The molecule has 0 fully saturated rings. The first-order valence-electron chi connectivity index (χ1n) is 5.78. The maximum atomic E-state index is 11.9. The van der Waals surface area contributed by atoms with Crippen LogP contribution in [0.25, 0.3) is 0 Å². The second-order valence-electron chi connectivity index (χ2n) is 5.28. The van der Waals surface area contributed by atoms with E-state index < -0.39 is 16.1 Å². The molecule has 0 aliphatic carbocycles. The molecule has 0 unspecified atom stereocenters. The molecule has 6 nitrogen and oxygen atoms in total. The maximum absolute atomic E-state index is 11.9. The van der Waals surface area contributed by atoms with Crippen LogP contribution >= 0.6 is 0 Å². The molecule has 0 aliphatic heterocycles. The fraction of sp³-hybridized carbons (Fsp3) is 0.500. The Balaban J connectivity index is 3.14. The number of nitrogens with one attached hydrogen (secondary N) is 1. The Kier molecular flexibility index (Phi) is 4.19. The van der Waals surface area contributed by atoms with Gasteiger partial charge in [0.05, 0.1) is 5.69 Å². The lowest BCUT2D eigenvalue weighted by atomic mass is 9.91. The van der Waals surface area contributed by atoms with Gasteiger partial charge in [-0.2, -0.15) is 8.42 Å². The number of carbonyl (C=O) groups is 1. The molecular formula is C12H19N3O3S. The standard InChI is InChI=1S/C12H19N3O3S/c1-9(16)14-19(17,18)15(5)10-6-7-13-11(8-10)12(2,3)4/h6-8H,1-5H3,(H,14,16). The van der Waals surface area contributed by atoms with Crippen molar-refractivity contribution in [3.63, 3.8) is 0 Å². The van der Waals surface area contributed by atoms with Crippen molar-refractivity contribution >= 4 is 21.8 Å². The van der Waals surface area contributed by atoms with Gasteiger partial charge in [0.15, 0.2) is 0 Å². The molecule has 0 spiro atoms. The van der Waals surface area contributed by atoms with Crippen molar-refractivity contribution in [1.29, 1.82) is 0 Å². The average molecular weight is 285 g/mol. The van der Waals surface area contributed by atoms with E-state index in [0.717, 1.165) is 16.9 Å². The van der Waals surface area contributed by atoms with Gasteiger partial charge in [-0.05, 0) is 12.1 Å². The summed E-state index contributed by atoms with van der Waals surface area (Å²) in [5.74, 6) is -0.628. The zero-order valence-corrected chi connectivity index (χ0v) is 12.6. The highest BCUT2D eigenvalue weighted by Gasteiger charge is 2.22. The van der Waals surface area contributed by atoms with Crippen LogP contribution in [0.3, 0.4) is 0 Å². The summed E-state index contributed by atoms with van der Waals surface area (Å²) < 4.78 is 26.7. The Bertz CT molecular complexity index is 576. The molecule has 1 amide bonds. The van der Waals surface area contributed by atoms with E-state index in [1.54, 1.807) is 18.3 Å². The second kappa shape index (κ2) is 5.16. The molecule has 19 heavy (non-hydrogen) atoms. The van der Waals surface area contributed by atoms with Crippen LogP contribution in [0.4, 0.5) is 5.69 Å². The van der Waals surface area contributed by atoms with Gasteiger partial charge in [-0.3, -0.25) is 14.1 Å². The molecule has 1 aromatic rings. The lowest BCUT2D eigenvalue weighted by Crippen LogP contribution is -2.40. The highest BCUT2D eigenvalue weighted by Crippen LogP contribution is 2.24. The number of hydrogen-bond acceptors (Lipinski definition) is 4. The summed E-state index contributed by atoms with van der Waals surface area (Å²) in [7, 11) is -2.49. The summed E-state index contributed by atoms with van der Waals surface area (Å²) in [6.07, 6.45) is 1.55. The number of aromatic nitrogens is 1. The molecule has 0 saturated carbocycles. The van der Waals surface area contributed by atoms with Gasteiger partial charge in [0.2, 0.25) is 5.91 Å². The molecule has 0 aliphatic rings. The quantitative estimate of drug-likeness (QED) is 0.905. The van der Waals surface area contributed by atoms with Gasteiger partial charge >= 0.3 is 10.2 Å². The van der Waals surface area contributed by atoms with E-state index in [1.807, 2.05) is 25.5 Å². The summed E-state index contributed by atoms with van der Waals surface area (Å²) in [5, 5.41) is 0. The summed E-state index contributed by atoms with van der Waals surface area (Å²) in [6, 6.07) is 3.27. The van der Waals surface area contributed by atoms with Gasteiger partial charge < -0.3 is 0 Å². The van der Waals surface area contributed by atoms with Crippen LogP contribution in [0.15, 0.2) is 18.3 Å². The van der Waals surface area contributed by atoms with Crippen LogP contribution in [0, 0.1) is 0 Å². The smallest absolute Gasteiger partial charge is 0.274 e. The summed E-state index contributed by atoms with van der Waals surface area (Å²) in [5.41, 5.74) is 1.04. The summed E-state index contributed by atoms with van der Waals surface area (Å²) >= 11 is 0. The van der Waals surface area contributed by atoms with Crippen molar-refractivity contribution in [2.45, 2.75) is 33.1 Å². The molecule has 0 aromatic carbocycles. The molecule has 1 aromatic heterocycles. The first-order chi connectivity index (χ1) is 8.54. The van der Waals surface area contributed by atoms with Crippen LogP contribution < -0.4 is 9.03 Å². The number of rotatable bonds is 3. The van der Waals surface area contributed by atoms with Gasteiger partial charge in [-0.1, -0.05) is 20.8 Å². The minimum atomic E-state index is -3.87. The monoisotopic (exact) mass is 285 g/mol. The largest absolute Gasteiger partial charge is 0.325 e. The molecule has 1 heterocycles. The Morgan fingerprint density at radius 1 is 1.37 bits per heavy atom. The van der Waals surface area contributed by atoms with Crippen LogP contribution in [0.2, 0.25) is 0 Å². The molecule has 1 rings (SSSR count). The minimum absolute atomic E-state index is 0.186. The van der Waals surface area contributed by atoms with Crippen molar-refractivity contribution in [2.75, 3.05) is 11.4 Å². The Labute approximate surface area is 114 Å². The van der Waals surface area contributed by atoms with E-state index in [-0.39, 0.29) is 5.41 Å². The molecule has 0 radical (unpaired) electrons. The Morgan fingerprint density at radius 2 is 1.95 bits per heavy atom. The molecule has 7 heteroatoms. The Hall–Kier alpha value is -1.63. The first kappa shape index (κ1) is 15.4. The molecule has 1 N–H and O–H groups in total. The van der Waals surface area contributed by atoms with E-state index in [2.05, 4.69) is 4.98 Å². The third-order valence-corrected chi connectivity index (χ3v) is 3.99. The maximum Gasteiger partial charge on any atom is 0.325 e. The first-order valence-corrected chi connectivity index (χ1v) is 7.22. The summed E-state index contributed by atoms with van der Waals surface area (Å²) in [4.78, 5) is 15.1. The molecule has 106 valence electrons. The van der Waals surface area contributed by atoms with Crippen LogP contribution in [-0.4, -0.2) is 26.4 Å². The normalized spacial score (nSPS) is 12.1. The predicted octanol–water partition coefficient (Wildman–Crippen LogP) is 1.20. The molecule has 0 bridgehead atoms. The lowest BCUT2D eigenvalue weighted by molar-refractivity contribution is -0.117. The predicted molar refractivity (Wildman–Crippen MR) is 74.1 cm³/mol. The van der Waals surface area contributed by atoms with Crippen molar-refractivity contribution in [3.8, 4) is 0 Å². The fourth-order valence-electron chi connectivity index (χ4n) is 1.41. The number of carbonyl (C=O) groups excluding carboxylic acids is 1. The number of pyridine rings is 1. The van der Waals surface area contributed by atoms with Crippen LogP contribution in [0.5, 0.6) is 0 Å². The Morgan fingerprint density at radius 3 is 2.42 bits per heavy atom. The minimum Gasteiger partial charge on any atom is -0.274 e. The third-order valence-electron chi connectivity index (χ3n) is 2.51. The van der Waals surface area contributed by atoms with E-state index in [9.17, 15) is 13.2 Å². The topological polar surface area (TPSA) is 79.4 Å². The van der Waals surface area contributed by atoms with Gasteiger partial charge in [0.25, 0.3) is 0 Å². The summed E-state index contributed by atoms with van der Waals surface area (Å²) in [6.45, 7) is 7.11. The lowest BCUT2D eigenvalue weighted by Gasteiger charge is -2.22. The molecule has 0 saturated heterocycles. The second-order valence-corrected chi connectivity index (χ2v) is 6.98. The zero-order valence-electron chi connectivity index (χ0n) is 11.8. The van der Waals surface area contributed by atoms with E-state index in [0.29, 0.717) is 5.69 Å². The number of anilines is 1. The van der Waals surface area contributed by atoms with E-state index in [1.165, 1.54) is 7.05 Å².